The van der Waals surface area contributed by atoms with Crippen LogP contribution in [0.3, 0.4) is 0 Å². The summed E-state index contributed by atoms with van der Waals surface area (Å²) in [5.74, 6) is 0.878. The fourth-order valence-electron chi connectivity index (χ4n) is 2.20. The summed E-state index contributed by atoms with van der Waals surface area (Å²) < 4.78 is 5.79. The van der Waals surface area contributed by atoms with Gasteiger partial charge in [0, 0.05) is 18.1 Å². The zero-order valence-corrected chi connectivity index (χ0v) is 11.7. The molecule has 20 heavy (non-hydrogen) atoms. The molecule has 0 saturated carbocycles. The molecule has 1 N–H and O–H groups in total. The first kappa shape index (κ1) is 12.5. The monoisotopic (exact) mass is 263 g/mol. The molecule has 0 saturated heterocycles. The normalized spacial score (nSPS) is 11.3. The maximum atomic E-state index is 5.79. The molecule has 2 nitrogen and oxygen atoms in total. The number of hydrogen-bond acceptors (Lipinski definition) is 2. The molecule has 0 radical (unpaired) electrons. The summed E-state index contributed by atoms with van der Waals surface area (Å²) in [6.45, 7) is 2.09. The standard InChI is InChI=1S/C18H17NO/c1-13-3-10-18-15(11-13)12-17(20-18)9-6-14-4-7-16(19-2)8-5-14/h3-12,19H,1-2H3/b9-6+. The number of aryl methyl sites for hydroxylation is 1. The van der Waals surface area contributed by atoms with Crippen LogP contribution in [0.1, 0.15) is 16.9 Å². The third-order valence-electron chi connectivity index (χ3n) is 3.33. The fourth-order valence-corrected chi connectivity index (χ4v) is 2.20. The Morgan fingerprint density at radius 1 is 0.950 bits per heavy atom. The third-order valence-corrected chi connectivity index (χ3v) is 3.33. The highest BCUT2D eigenvalue weighted by Crippen LogP contribution is 2.22. The number of rotatable bonds is 3. The molecule has 0 unspecified atom stereocenters. The van der Waals surface area contributed by atoms with Crippen LogP contribution in [0.2, 0.25) is 0 Å². The van der Waals surface area contributed by atoms with E-state index in [1.165, 1.54) is 5.56 Å². The molecule has 2 aromatic carbocycles. The molecule has 1 aromatic heterocycles. The second kappa shape index (κ2) is 5.25. The zero-order valence-electron chi connectivity index (χ0n) is 11.7. The van der Waals surface area contributed by atoms with Crippen LogP contribution in [0.25, 0.3) is 23.1 Å². The van der Waals surface area contributed by atoms with Crippen molar-refractivity contribution >= 4 is 28.8 Å². The summed E-state index contributed by atoms with van der Waals surface area (Å²) in [6, 6.07) is 16.6. The van der Waals surface area contributed by atoms with Gasteiger partial charge in [-0.1, -0.05) is 29.8 Å². The zero-order chi connectivity index (χ0) is 13.9. The van der Waals surface area contributed by atoms with Crippen LogP contribution < -0.4 is 5.32 Å². The minimum Gasteiger partial charge on any atom is -0.457 e. The summed E-state index contributed by atoms with van der Waals surface area (Å²) in [5, 5.41) is 4.26. The Labute approximate surface area is 118 Å². The Morgan fingerprint density at radius 3 is 2.50 bits per heavy atom. The van der Waals surface area contributed by atoms with Crippen molar-refractivity contribution in [2.24, 2.45) is 0 Å². The maximum Gasteiger partial charge on any atom is 0.134 e. The van der Waals surface area contributed by atoms with Gasteiger partial charge in [-0.15, -0.1) is 0 Å². The third kappa shape index (κ3) is 2.59. The minimum absolute atomic E-state index is 0.878. The van der Waals surface area contributed by atoms with Gasteiger partial charge in [-0.2, -0.15) is 0 Å². The SMILES string of the molecule is CNc1ccc(/C=C/c2cc3cc(C)ccc3o2)cc1. The lowest BCUT2D eigenvalue weighted by Gasteiger charge is -1.98. The highest BCUT2D eigenvalue weighted by Gasteiger charge is 2.00. The van der Waals surface area contributed by atoms with Gasteiger partial charge in [0.25, 0.3) is 0 Å². The van der Waals surface area contributed by atoms with Gasteiger partial charge in [0.15, 0.2) is 0 Å². The summed E-state index contributed by atoms with van der Waals surface area (Å²) in [7, 11) is 1.92. The molecule has 0 aliphatic carbocycles. The number of fused-ring (bicyclic) bond motifs is 1. The Kier molecular flexibility index (Phi) is 3.30. The molecule has 0 fully saturated rings. The lowest BCUT2D eigenvalue weighted by molar-refractivity contribution is 0.604. The summed E-state index contributed by atoms with van der Waals surface area (Å²) in [5.41, 5.74) is 4.44. The maximum absolute atomic E-state index is 5.79. The van der Waals surface area contributed by atoms with Gasteiger partial charge in [0.05, 0.1) is 0 Å². The predicted molar refractivity (Wildman–Crippen MR) is 85.9 cm³/mol. The predicted octanol–water partition coefficient (Wildman–Crippen LogP) is 4.95. The van der Waals surface area contributed by atoms with Gasteiger partial charge in [-0.25, -0.2) is 0 Å². The van der Waals surface area contributed by atoms with Crippen molar-refractivity contribution in [1.82, 2.24) is 0 Å². The van der Waals surface area contributed by atoms with Gasteiger partial charge in [-0.3, -0.25) is 0 Å². The molecule has 100 valence electrons. The van der Waals surface area contributed by atoms with Gasteiger partial charge >= 0.3 is 0 Å². The van der Waals surface area contributed by atoms with Crippen LogP contribution in [0.5, 0.6) is 0 Å². The van der Waals surface area contributed by atoms with E-state index < -0.39 is 0 Å². The summed E-state index contributed by atoms with van der Waals surface area (Å²) in [6.07, 6.45) is 4.06. The van der Waals surface area contributed by atoms with Crippen molar-refractivity contribution in [2.75, 3.05) is 12.4 Å². The van der Waals surface area contributed by atoms with Crippen molar-refractivity contribution in [2.45, 2.75) is 6.92 Å². The molecular weight excluding hydrogens is 246 g/mol. The quantitative estimate of drug-likeness (QED) is 0.723. The van der Waals surface area contributed by atoms with E-state index in [9.17, 15) is 0 Å². The van der Waals surface area contributed by atoms with Crippen molar-refractivity contribution in [3.8, 4) is 0 Å². The molecular formula is C18H17NO. The average molecular weight is 263 g/mol. The molecule has 0 spiro atoms. The number of furan rings is 1. The first-order valence-corrected chi connectivity index (χ1v) is 6.71. The largest absolute Gasteiger partial charge is 0.457 e. The van der Waals surface area contributed by atoms with E-state index in [1.807, 2.05) is 19.2 Å². The highest BCUT2D eigenvalue weighted by molar-refractivity contribution is 5.82. The Hall–Kier alpha value is -2.48. The Morgan fingerprint density at radius 2 is 1.75 bits per heavy atom. The molecule has 3 rings (SSSR count). The second-order valence-corrected chi connectivity index (χ2v) is 4.90. The smallest absolute Gasteiger partial charge is 0.134 e. The Bertz CT molecular complexity index is 751. The summed E-state index contributed by atoms with van der Waals surface area (Å²) >= 11 is 0. The van der Waals surface area contributed by atoms with E-state index in [0.29, 0.717) is 0 Å². The van der Waals surface area contributed by atoms with Crippen molar-refractivity contribution in [3.05, 3.63) is 65.4 Å². The van der Waals surface area contributed by atoms with Crippen LogP contribution in [-0.2, 0) is 0 Å². The van der Waals surface area contributed by atoms with Crippen LogP contribution >= 0.6 is 0 Å². The molecule has 1 heterocycles. The van der Waals surface area contributed by atoms with Crippen molar-refractivity contribution in [1.29, 1.82) is 0 Å². The summed E-state index contributed by atoms with van der Waals surface area (Å²) in [4.78, 5) is 0. The van der Waals surface area contributed by atoms with Crippen molar-refractivity contribution in [3.63, 3.8) is 0 Å². The molecule has 0 aliphatic heterocycles. The second-order valence-electron chi connectivity index (χ2n) is 4.90. The Balaban J connectivity index is 1.85. The van der Waals surface area contributed by atoms with Gasteiger partial charge < -0.3 is 9.73 Å². The number of benzene rings is 2. The number of anilines is 1. The van der Waals surface area contributed by atoms with Gasteiger partial charge in [0.1, 0.15) is 11.3 Å². The molecule has 0 amide bonds. The van der Waals surface area contributed by atoms with E-state index in [0.717, 1.165) is 28.0 Å². The molecule has 0 atom stereocenters. The van der Waals surface area contributed by atoms with E-state index in [2.05, 4.69) is 60.8 Å². The van der Waals surface area contributed by atoms with Crippen LogP contribution in [0.15, 0.2) is 52.9 Å². The first-order chi connectivity index (χ1) is 9.74. The number of hydrogen-bond donors (Lipinski definition) is 1. The molecule has 2 heteroatoms. The minimum atomic E-state index is 0.878. The first-order valence-electron chi connectivity index (χ1n) is 6.71. The van der Waals surface area contributed by atoms with Crippen LogP contribution in [0, 0.1) is 6.92 Å². The molecule has 3 aromatic rings. The lowest BCUT2D eigenvalue weighted by atomic mass is 10.1. The van der Waals surface area contributed by atoms with Crippen LogP contribution in [0.4, 0.5) is 5.69 Å². The van der Waals surface area contributed by atoms with E-state index in [-0.39, 0.29) is 0 Å². The van der Waals surface area contributed by atoms with E-state index >= 15 is 0 Å². The topological polar surface area (TPSA) is 25.2 Å². The number of nitrogens with one attached hydrogen (secondary N) is 1. The van der Waals surface area contributed by atoms with Crippen molar-refractivity contribution < 1.29 is 4.42 Å². The fraction of sp³-hybridized carbons (Fsp3) is 0.111. The van der Waals surface area contributed by atoms with Crippen LogP contribution in [-0.4, -0.2) is 7.05 Å². The average Bonchev–Trinajstić information content (AvgIpc) is 2.87. The van der Waals surface area contributed by atoms with Gasteiger partial charge in [0.2, 0.25) is 0 Å². The van der Waals surface area contributed by atoms with E-state index in [1.54, 1.807) is 0 Å². The highest BCUT2D eigenvalue weighted by atomic mass is 16.3. The lowest BCUT2D eigenvalue weighted by Crippen LogP contribution is -1.86. The van der Waals surface area contributed by atoms with Gasteiger partial charge in [-0.05, 0) is 48.9 Å². The van der Waals surface area contributed by atoms with E-state index in [4.69, 9.17) is 4.42 Å². The molecule has 0 aliphatic rings. The molecule has 0 bridgehead atoms.